The number of carbonyl (C=O) groups is 2. The summed E-state index contributed by atoms with van der Waals surface area (Å²) in [6, 6.07) is 3.82. The lowest BCUT2D eigenvalue weighted by molar-refractivity contribution is -0.141. The number of pyridine rings is 1. The fourth-order valence-corrected chi connectivity index (χ4v) is 1.98. The average molecular weight is 248 g/mol. The zero-order valence-electron chi connectivity index (χ0n) is 10.2. The van der Waals surface area contributed by atoms with Crippen LogP contribution in [0.4, 0.5) is 0 Å². The molecule has 0 radical (unpaired) electrons. The van der Waals surface area contributed by atoms with E-state index >= 15 is 0 Å². The zero-order chi connectivity index (χ0) is 13.1. The first-order valence-corrected chi connectivity index (χ1v) is 5.96. The number of hydrogen-bond acceptors (Lipinski definition) is 3. The Morgan fingerprint density at radius 1 is 1.39 bits per heavy atom. The second kappa shape index (κ2) is 5.16. The number of aliphatic carboxylic acids is 1. The van der Waals surface area contributed by atoms with Crippen molar-refractivity contribution < 1.29 is 14.7 Å². The number of hydrogen-bond donors (Lipinski definition) is 1. The van der Waals surface area contributed by atoms with Crippen LogP contribution in [0.5, 0.6) is 0 Å². The van der Waals surface area contributed by atoms with E-state index < -0.39 is 11.9 Å². The Bertz CT molecular complexity index is 447. The van der Waals surface area contributed by atoms with E-state index in [1.807, 2.05) is 12.1 Å². The van der Waals surface area contributed by atoms with Gasteiger partial charge in [0.05, 0.1) is 11.8 Å². The molecule has 2 rings (SSSR count). The molecule has 0 aromatic carbocycles. The minimum Gasteiger partial charge on any atom is -0.481 e. The summed E-state index contributed by atoms with van der Waals surface area (Å²) in [6.45, 7) is 0.603. The predicted molar refractivity (Wildman–Crippen MR) is 64.8 cm³/mol. The molecule has 2 atom stereocenters. The molecule has 0 aliphatic heterocycles. The average Bonchev–Trinajstić information content (AvgIpc) is 3.16. The predicted octanol–water partition coefficient (Wildman–Crippen LogP) is 0.803. The molecule has 18 heavy (non-hydrogen) atoms. The molecule has 96 valence electrons. The number of carboxylic acids is 1. The van der Waals surface area contributed by atoms with Gasteiger partial charge in [-0.05, 0) is 30.5 Å². The molecule has 0 saturated heterocycles. The Morgan fingerprint density at radius 3 is 2.61 bits per heavy atom. The Balaban J connectivity index is 1.80. The highest BCUT2D eigenvalue weighted by Gasteiger charge is 2.49. The van der Waals surface area contributed by atoms with E-state index in [4.69, 9.17) is 5.11 Å². The summed E-state index contributed by atoms with van der Waals surface area (Å²) in [5.41, 5.74) is 1.12. The molecule has 1 aliphatic carbocycles. The van der Waals surface area contributed by atoms with E-state index in [0.29, 0.717) is 13.0 Å². The van der Waals surface area contributed by atoms with Crippen molar-refractivity contribution in [1.29, 1.82) is 0 Å². The molecule has 1 amide bonds. The third kappa shape index (κ3) is 2.85. The van der Waals surface area contributed by atoms with Crippen LogP contribution in [0.2, 0.25) is 0 Å². The number of amides is 1. The Morgan fingerprint density at radius 2 is 2.06 bits per heavy atom. The Hall–Kier alpha value is -1.91. The maximum absolute atomic E-state index is 11.9. The molecule has 1 N–H and O–H groups in total. The van der Waals surface area contributed by atoms with Crippen LogP contribution in [-0.4, -0.2) is 40.5 Å². The van der Waals surface area contributed by atoms with Crippen LogP contribution < -0.4 is 0 Å². The molecule has 1 fully saturated rings. The van der Waals surface area contributed by atoms with Crippen molar-refractivity contribution in [3.8, 4) is 0 Å². The van der Waals surface area contributed by atoms with Gasteiger partial charge in [-0.1, -0.05) is 0 Å². The normalized spacial score (nSPS) is 21.4. The lowest BCUT2D eigenvalue weighted by Gasteiger charge is -2.16. The molecule has 1 aromatic heterocycles. The van der Waals surface area contributed by atoms with Crippen molar-refractivity contribution >= 4 is 11.9 Å². The lowest BCUT2D eigenvalue weighted by atomic mass is 10.2. The summed E-state index contributed by atoms with van der Waals surface area (Å²) in [4.78, 5) is 28.1. The molecular formula is C13H16N2O3. The van der Waals surface area contributed by atoms with Gasteiger partial charge < -0.3 is 10.0 Å². The van der Waals surface area contributed by atoms with Crippen molar-refractivity contribution in [2.24, 2.45) is 11.8 Å². The lowest BCUT2D eigenvalue weighted by Crippen LogP contribution is -2.31. The molecule has 1 heterocycles. The summed E-state index contributed by atoms with van der Waals surface area (Å²) in [5.74, 6) is -1.71. The van der Waals surface area contributed by atoms with Crippen LogP contribution in [-0.2, 0) is 16.0 Å². The van der Waals surface area contributed by atoms with Crippen LogP contribution in [0, 0.1) is 11.8 Å². The molecule has 1 aliphatic rings. The summed E-state index contributed by atoms with van der Waals surface area (Å²) >= 11 is 0. The van der Waals surface area contributed by atoms with Crippen LogP contribution in [0.1, 0.15) is 12.0 Å². The maximum atomic E-state index is 11.9. The fourth-order valence-electron chi connectivity index (χ4n) is 1.98. The number of aromatic nitrogens is 1. The van der Waals surface area contributed by atoms with E-state index in [9.17, 15) is 9.59 Å². The van der Waals surface area contributed by atoms with Crippen LogP contribution in [0.15, 0.2) is 24.5 Å². The minimum atomic E-state index is -0.865. The highest BCUT2D eigenvalue weighted by molar-refractivity contribution is 5.89. The van der Waals surface area contributed by atoms with Gasteiger partial charge in [0.2, 0.25) is 5.91 Å². The quantitative estimate of drug-likeness (QED) is 0.836. The molecule has 2 unspecified atom stereocenters. The fraction of sp³-hybridized carbons (Fsp3) is 0.462. The van der Waals surface area contributed by atoms with Gasteiger partial charge in [-0.3, -0.25) is 14.6 Å². The maximum Gasteiger partial charge on any atom is 0.307 e. The Labute approximate surface area is 105 Å². The number of likely N-dealkylation sites (N-methyl/N-ethyl adjacent to an activating group) is 1. The second-order valence-corrected chi connectivity index (χ2v) is 4.65. The molecule has 1 aromatic rings. The number of carboxylic acid groups (broad SMARTS) is 1. The van der Waals surface area contributed by atoms with Crippen molar-refractivity contribution in [3.05, 3.63) is 30.1 Å². The van der Waals surface area contributed by atoms with Gasteiger partial charge in [-0.25, -0.2) is 0 Å². The first-order valence-electron chi connectivity index (χ1n) is 5.96. The van der Waals surface area contributed by atoms with E-state index in [2.05, 4.69) is 4.98 Å². The third-order valence-corrected chi connectivity index (χ3v) is 3.29. The summed E-state index contributed by atoms with van der Waals surface area (Å²) in [7, 11) is 1.72. The molecule has 1 saturated carbocycles. The van der Waals surface area contributed by atoms with E-state index in [1.54, 1.807) is 24.3 Å². The molecular weight excluding hydrogens is 232 g/mol. The molecule has 5 heteroatoms. The summed E-state index contributed by atoms with van der Waals surface area (Å²) < 4.78 is 0. The zero-order valence-corrected chi connectivity index (χ0v) is 10.2. The van der Waals surface area contributed by atoms with Crippen molar-refractivity contribution in [3.63, 3.8) is 0 Å². The van der Waals surface area contributed by atoms with Crippen LogP contribution in [0.3, 0.4) is 0 Å². The van der Waals surface area contributed by atoms with Gasteiger partial charge in [0.25, 0.3) is 0 Å². The third-order valence-electron chi connectivity index (χ3n) is 3.29. The van der Waals surface area contributed by atoms with Crippen LogP contribution >= 0.6 is 0 Å². The highest BCUT2D eigenvalue weighted by atomic mass is 16.4. The van der Waals surface area contributed by atoms with Crippen molar-refractivity contribution in [2.75, 3.05) is 13.6 Å². The van der Waals surface area contributed by atoms with E-state index in [-0.39, 0.29) is 11.8 Å². The topological polar surface area (TPSA) is 70.5 Å². The SMILES string of the molecule is CN(CCc1ccncc1)C(=O)C1CC1C(=O)O. The Kier molecular flexibility index (Phi) is 3.60. The van der Waals surface area contributed by atoms with Gasteiger partial charge in [0.15, 0.2) is 0 Å². The molecule has 0 spiro atoms. The molecule has 5 nitrogen and oxygen atoms in total. The van der Waals surface area contributed by atoms with Gasteiger partial charge in [0.1, 0.15) is 0 Å². The summed E-state index contributed by atoms with van der Waals surface area (Å²) in [5, 5.41) is 8.78. The summed E-state index contributed by atoms with van der Waals surface area (Å²) in [6.07, 6.45) is 4.68. The smallest absolute Gasteiger partial charge is 0.307 e. The van der Waals surface area contributed by atoms with Gasteiger partial charge in [0, 0.05) is 26.0 Å². The van der Waals surface area contributed by atoms with Gasteiger partial charge in [-0.15, -0.1) is 0 Å². The van der Waals surface area contributed by atoms with E-state index in [0.717, 1.165) is 12.0 Å². The largest absolute Gasteiger partial charge is 0.481 e. The van der Waals surface area contributed by atoms with Gasteiger partial charge >= 0.3 is 5.97 Å². The number of carbonyl (C=O) groups excluding carboxylic acids is 1. The molecule has 0 bridgehead atoms. The van der Waals surface area contributed by atoms with Crippen molar-refractivity contribution in [1.82, 2.24) is 9.88 Å². The number of rotatable bonds is 5. The van der Waals surface area contributed by atoms with E-state index in [1.165, 1.54) is 0 Å². The van der Waals surface area contributed by atoms with Crippen molar-refractivity contribution in [2.45, 2.75) is 12.8 Å². The highest BCUT2D eigenvalue weighted by Crippen LogP contribution is 2.39. The number of nitrogens with zero attached hydrogens (tertiary/aromatic N) is 2. The minimum absolute atomic E-state index is 0.0588. The monoisotopic (exact) mass is 248 g/mol. The first kappa shape index (κ1) is 12.5. The van der Waals surface area contributed by atoms with Crippen LogP contribution in [0.25, 0.3) is 0 Å². The first-order chi connectivity index (χ1) is 8.59. The van der Waals surface area contributed by atoms with Gasteiger partial charge in [-0.2, -0.15) is 0 Å². The second-order valence-electron chi connectivity index (χ2n) is 4.65. The standard InChI is InChI=1S/C13H16N2O3/c1-15(7-4-9-2-5-14-6-3-9)12(16)10-8-11(10)13(17)18/h2-3,5-6,10-11H,4,7-8H2,1H3,(H,17,18).